The van der Waals surface area contributed by atoms with Crippen molar-refractivity contribution in [1.29, 1.82) is 0 Å². The van der Waals surface area contributed by atoms with Gasteiger partial charge in [0, 0.05) is 11.5 Å². The number of aliphatic hydroxyl groups is 1. The van der Waals surface area contributed by atoms with Gasteiger partial charge in [-0.2, -0.15) is 0 Å². The number of ether oxygens (including phenoxy) is 2. The van der Waals surface area contributed by atoms with Gasteiger partial charge in [0.1, 0.15) is 5.60 Å². The van der Waals surface area contributed by atoms with Gasteiger partial charge in [0.25, 0.3) is 0 Å². The number of benzene rings is 2. The number of alkyl carbamates (subject to hydrolysis) is 1. The first-order valence-electron chi connectivity index (χ1n) is 11.4. The minimum Gasteiger partial charge on any atom is -0.466 e. The maximum Gasteiger partial charge on any atom is 0.407 e. The van der Waals surface area contributed by atoms with Crippen LogP contribution in [0.2, 0.25) is 0 Å². The summed E-state index contributed by atoms with van der Waals surface area (Å²) in [5.41, 5.74) is 1.97. The predicted octanol–water partition coefficient (Wildman–Crippen LogP) is 5.09. The van der Waals surface area contributed by atoms with Crippen molar-refractivity contribution in [3.05, 3.63) is 60.2 Å². The summed E-state index contributed by atoms with van der Waals surface area (Å²) in [6.45, 7) is 11.0. The zero-order valence-corrected chi connectivity index (χ0v) is 20.6. The van der Waals surface area contributed by atoms with Crippen LogP contribution >= 0.6 is 0 Å². The quantitative estimate of drug-likeness (QED) is 0.515. The lowest BCUT2D eigenvalue weighted by Crippen LogP contribution is -2.50. The van der Waals surface area contributed by atoms with Crippen LogP contribution in [0.15, 0.2) is 54.6 Å². The molecule has 6 nitrogen and oxygen atoms in total. The predicted molar refractivity (Wildman–Crippen MR) is 130 cm³/mol. The number of amides is 1. The van der Waals surface area contributed by atoms with Gasteiger partial charge in [-0.3, -0.25) is 4.79 Å². The SMILES string of the molecule is CCOC(=O)C(CO)CC(NC(=O)OC(C)(C)C)C(C)(C)c1ccc(-c2ccccc2)cc1. The average Bonchev–Trinajstić information content (AvgIpc) is 2.76. The van der Waals surface area contributed by atoms with E-state index in [9.17, 15) is 14.7 Å². The molecule has 2 rings (SSSR count). The molecule has 0 saturated carbocycles. The minimum absolute atomic E-state index is 0.210. The summed E-state index contributed by atoms with van der Waals surface area (Å²) >= 11 is 0. The van der Waals surface area contributed by atoms with E-state index in [4.69, 9.17) is 9.47 Å². The summed E-state index contributed by atoms with van der Waals surface area (Å²) in [4.78, 5) is 25.0. The third-order valence-corrected chi connectivity index (χ3v) is 5.66. The van der Waals surface area contributed by atoms with Gasteiger partial charge in [0.15, 0.2) is 0 Å². The highest BCUT2D eigenvalue weighted by atomic mass is 16.6. The lowest BCUT2D eigenvalue weighted by Gasteiger charge is -2.37. The first kappa shape index (κ1) is 26.4. The number of hydrogen-bond acceptors (Lipinski definition) is 5. The van der Waals surface area contributed by atoms with E-state index in [-0.39, 0.29) is 19.6 Å². The number of carbonyl (C=O) groups is 2. The normalized spacial score (nSPS) is 13.7. The summed E-state index contributed by atoms with van der Waals surface area (Å²) in [6, 6.07) is 17.8. The molecule has 6 heteroatoms. The Labute approximate surface area is 197 Å². The Balaban J connectivity index is 2.33. The molecule has 2 aromatic rings. The molecular formula is C27H37NO5. The Hall–Kier alpha value is -2.86. The standard InChI is InChI=1S/C27H37NO5/c1-7-32-24(30)21(18-29)17-23(28-25(31)33-26(2,3)4)27(5,6)22-15-13-20(14-16-22)19-11-9-8-10-12-19/h8-16,21,23,29H,7,17-18H2,1-6H3,(H,28,31). The van der Waals surface area contributed by atoms with Crippen LogP contribution in [0, 0.1) is 5.92 Å². The van der Waals surface area contributed by atoms with Crippen molar-refractivity contribution in [2.24, 2.45) is 5.92 Å². The van der Waals surface area contributed by atoms with Gasteiger partial charge in [0.2, 0.25) is 0 Å². The van der Waals surface area contributed by atoms with Crippen molar-refractivity contribution in [1.82, 2.24) is 5.32 Å². The molecule has 1 amide bonds. The van der Waals surface area contributed by atoms with Gasteiger partial charge < -0.3 is 19.9 Å². The lowest BCUT2D eigenvalue weighted by atomic mass is 9.74. The zero-order valence-electron chi connectivity index (χ0n) is 20.6. The van der Waals surface area contributed by atoms with Gasteiger partial charge in [-0.1, -0.05) is 68.4 Å². The van der Waals surface area contributed by atoms with Gasteiger partial charge in [-0.15, -0.1) is 0 Å². The van der Waals surface area contributed by atoms with E-state index < -0.39 is 35.0 Å². The van der Waals surface area contributed by atoms with Crippen molar-refractivity contribution in [2.45, 2.75) is 65.0 Å². The topological polar surface area (TPSA) is 84.9 Å². The van der Waals surface area contributed by atoms with Gasteiger partial charge in [0.05, 0.1) is 19.1 Å². The molecule has 2 unspecified atom stereocenters. The minimum atomic E-state index is -0.757. The van der Waals surface area contributed by atoms with E-state index in [2.05, 4.69) is 17.4 Å². The van der Waals surface area contributed by atoms with E-state index in [0.29, 0.717) is 0 Å². The lowest BCUT2D eigenvalue weighted by molar-refractivity contribution is -0.150. The largest absolute Gasteiger partial charge is 0.466 e. The van der Waals surface area contributed by atoms with Crippen molar-refractivity contribution < 1.29 is 24.2 Å². The molecule has 2 aromatic carbocycles. The number of hydrogen-bond donors (Lipinski definition) is 2. The van der Waals surface area contributed by atoms with Crippen LogP contribution in [0.25, 0.3) is 11.1 Å². The molecule has 33 heavy (non-hydrogen) atoms. The highest BCUT2D eigenvalue weighted by molar-refractivity contribution is 5.73. The molecule has 0 fully saturated rings. The molecule has 2 atom stereocenters. The molecule has 0 heterocycles. The van der Waals surface area contributed by atoms with Crippen LogP contribution in [-0.4, -0.2) is 42.0 Å². The molecular weight excluding hydrogens is 418 g/mol. The maximum absolute atomic E-state index is 12.6. The molecule has 0 aliphatic carbocycles. The molecule has 0 bridgehead atoms. The Morgan fingerprint density at radius 3 is 2.03 bits per heavy atom. The van der Waals surface area contributed by atoms with Crippen LogP contribution in [0.5, 0.6) is 0 Å². The monoisotopic (exact) mass is 455 g/mol. The summed E-state index contributed by atoms with van der Waals surface area (Å²) in [7, 11) is 0. The zero-order chi connectivity index (χ0) is 24.6. The van der Waals surface area contributed by atoms with Crippen LogP contribution < -0.4 is 5.32 Å². The van der Waals surface area contributed by atoms with E-state index in [1.165, 1.54) is 0 Å². The first-order chi connectivity index (χ1) is 15.5. The third kappa shape index (κ3) is 7.60. The van der Waals surface area contributed by atoms with Crippen molar-refractivity contribution in [3.63, 3.8) is 0 Å². The summed E-state index contributed by atoms with van der Waals surface area (Å²) < 4.78 is 10.6. The summed E-state index contributed by atoms with van der Waals surface area (Å²) in [6.07, 6.45) is -0.357. The molecule has 180 valence electrons. The molecule has 0 radical (unpaired) electrons. The van der Waals surface area contributed by atoms with Crippen LogP contribution in [-0.2, 0) is 19.7 Å². The van der Waals surface area contributed by atoms with Crippen molar-refractivity contribution in [2.75, 3.05) is 13.2 Å². The second-order valence-corrected chi connectivity index (χ2v) is 9.73. The number of nitrogens with one attached hydrogen (secondary N) is 1. The van der Waals surface area contributed by atoms with Gasteiger partial charge >= 0.3 is 12.1 Å². The first-order valence-corrected chi connectivity index (χ1v) is 11.4. The summed E-state index contributed by atoms with van der Waals surface area (Å²) in [5.74, 6) is -1.24. The fourth-order valence-electron chi connectivity index (χ4n) is 3.70. The van der Waals surface area contributed by atoms with Gasteiger partial charge in [-0.25, -0.2) is 4.79 Å². The summed E-state index contributed by atoms with van der Waals surface area (Å²) in [5, 5.41) is 12.8. The highest BCUT2D eigenvalue weighted by Gasteiger charge is 2.37. The van der Waals surface area contributed by atoms with Crippen molar-refractivity contribution >= 4 is 12.1 Å². The van der Waals surface area contributed by atoms with E-state index in [1.54, 1.807) is 27.7 Å². The molecule has 0 aliphatic rings. The molecule has 0 aliphatic heterocycles. The van der Waals surface area contributed by atoms with E-state index >= 15 is 0 Å². The number of rotatable bonds is 9. The fraction of sp³-hybridized carbons (Fsp3) is 0.481. The molecule has 0 spiro atoms. The second-order valence-electron chi connectivity index (χ2n) is 9.73. The smallest absolute Gasteiger partial charge is 0.407 e. The number of esters is 1. The van der Waals surface area contributed by atoms with E-state index in [1.807, 2.05) is 56.3 Å². The Morgan fingerprint density at radius 1 is 0.939 bits per heavy atom. The van der Waals surface area contributed by atoms with Crippen molar-refractivity contribution in [3.8, 4) is 11.1 Å². The highest BCUT2D eigenvalue weighted by Crippen LogP contribution is 2.33. The molecule has 0 saturated heterocycles. The second kappa shape index (κ2) is 11.3. The van der Waals surface area contributed by atoms with Gasteiger partial charge in [-0.05, 0) is 50.8 Å². The average molecular weight is 456 g/mol. The Morgan fingerprint density at radius 2 is 1.52 bits per heavy atom. The third-order valence-electron chi connectivity index (χ3n) is 5.66. The Kier molecular flexibility index (Phi) is 9.06. The van der Waals surface area contributed by atoms with Crippen LogP contribution in [0.3, 0.4) is 0 Å². The number of carbonyl (C=O) groups excluding carboxylic acids is 2. The Bertz CT molecular complexity index is 900. The van der Waals surface area contributed by atoms with Crippen LogP contribution in [0.4, 0.5) is 4.79 Å². The number of aliphatic hydroxyl groups excluding tert-OH is 1. The molecule has 2 N–H and O–H groups in total. The fourth-order valence-corrected chi connectivity index (χ4v) is 3.70. The molecule has 0 aromatic heterocycles. The maximum atomic E-state index is 12.6. The van der Waals surface area contributed by atoms with Crippen LogP contribution in [0.1, 0.15) is 53.5 Å². The van der Waals surface area contributed by atoms with E-state index in [0.717, 1.165) is 16.7 Å².